The molecule has 0 aliphatic carbocycles. The zero-order valence-corrected chi connectivity index (χ0v) is 10.4. The Morgan fingerprint density at radius 3 is 2.71 bits per heavy atom. The van der Waals surface area contributed by atoms with Gasteiger partial charge in [-0.1, -0.05) is 29.8 Å². The third-order valence-corrected chi connectivity index (χ3v) is 2.70. The molecule has 3 heteroatoms. The molecule has 0 spiro atoms. The van der Waals surface area contributed by atoms with Crippen LogP contribution in [0.15, 0.2) is 34.9 Å². The second-order valence-electron chi connectivity index (χ2n) is 4.24. The molecule has 0 fully saturated rings. The average Bonchev–Trinajstić information content (AvgIpc) is 2.77. The fourth-order valence-corrected chi connectivity index (χ4v) is 1.67. The molecule has 0 saturated carbocycles. The lowest BCUT2D eigenvalue weighted by molar-refractivity contribution is 0.460. The Morgan fingerprint density at radius 1 is 1.24 bits per heavy atom. The molecule has 0 aliphatic rings. The van der Waals surface area contributed by atoms with Crippen LogP contribution in [-0.2, 0) is 12.8 Å². The van der Waals surface area contributed by atoms with Gasteiger partial charge in [-0.25, -0.2) is 4.98 Å². The Kier molecular flexibility index (Phi) is 3.94. The van der Waals surface area contributed by atoms with E-state index in [4.69, 9.17) is 4.42 Å². The fourth-order valence-electron chi connectivity index (χ4n) is 1.67. The molecule has 2 rings (SSSR count). The summed E-state index contributed by atoms with van der Waals surface area (Å²) in [5, 5.41) is 3.09. The van der Waals surface area contributed by atoms with Crippen LogP contribution in [0.1, 0.15) is 22.8 Å². The maximum Gasteiger partial charge on any atom is 0.198 e. The van der Waals surface area contributed by atoms with Crippen molar-refractivity contribution in [2.45, 2.75) is 19.8 Å². The number of nitrogens with one attached hydrogen (secondary N) is 1. The minimum atomic E-state index is 0.764. The van der Waals surface area contributed by atoms with E-state index < -0.39 is 0 Å². The first kappa shape index (κ1) is 11.9. The molecule has 1 N–H and O–H groups in total. The summed E-state index contributed by atoms with van der Waals surface area (Å²) in [5.41, 5.74) is 2.51. The van der Waals surface area contributed by atoms with E-state index in [0.717, 1.165) is 31.0 Å². The Hall–Kier alpha value is -1.61. The van der Waals surface area contributed by atoms with Crippen LogP contribution >= 0.6 is 0 Å². The molecule has 1 aromatic heterocycles. The number of rotatable bonds is 5. The van der Waals surface area contributed by atoms with Gasteiger partial charge in [-0.3, -0.25) is 0 Å². The number of benzene rings is 1. The Balaban J connectivity index is 1.98. The summed E-state index contributed by atoms with van der Waals surface area (Å²) in [6.07, 6.45) is 3.47. The molecular weight excluding hydrogens is 212 g/mol. The topological polar surface area (TPSA) is 38.1 Å². The first-order valence-corrected chi connectivity index (χ1v) is 5.91. The Morgan fingerprint density at radius 2 is 2.00 bits per heavy atom. The third-order valence-electron chi connectivity index (χ3n) is 2.70. The second kappa shape index (κ2) is 5.64. The van der Waals surface area contributed by atoms with Gasteiger partial charge in [-0.2, -0.15) is 0 Å². The van der Waals surface area contributed by atoms with Gasteiger partial charge in [0.1, 0.15) is 5.76 Å². The minimum Gasteiger partial charge on any atom is -0.445 e. The molecule has 0 bridgehead atoms. The van der Waals surface area contributed by atoms with Gasteiger partial charge in [0.05, 0.1) is 6.20 Å². The third kappa shape index (κ3) is 3.43. The highest BCUT2D eigenvalue weighted by atomic mass is 16.4. The highest BCUT2D eigenvalue weighted by Crippen LogP contribution is 2.11. The number of nitrogens with zero attached hydrogens (tertiary/aromatic N) is 1. The lowest BCUT2D eigenvalue weighted by atomic mass is 10.1. The fraction of sp³-hybridized carbons (Fsp3) is 0.357. The maximum atomic E-state index is 5.67. The molecule has 0 unspecified atom stereocenters. The molecule has 0 amide bonds. The number of hydrogen-bond acceptors (Lipinski definition) is 3. The van der Waals surface area contributed by atoms with Crippen molar-refractivity contribution in [3.63, 3.8) is 0 Å². The molecule has 3 nitrogen and oxygen atoms in total. The van der Waals surface area contributed by atoms with Gasteiger partial charge in [0, 0.05) is 19.4 Å². The van der Waals surface area contributed by atoms with E-state index in [0.29, 0.717) is 0 Å². The number of likely N-dealkylation sites (N-methyl/N-ethyl adjacent to an activating group) is 1. The zero-order chi connectivity index (χ0) is 12.1. The van der Waals surface area contributed by atoms with E-state index in [1.165, 1.54) is 11.1 Å². The molecule has 0 saturated heterocycles. The van der Waals surface area contributed by atoms with Crippen molar-refractivity contribution in [3.05, 3.63) is 53.2 Å². The Bertz CT molecular complexity index is 459. The summed E-state index contributed by atoms with van der Waals surface area (Å²) in [6.45, 7) is 3.00. The van der Waals surface area contributed by atoms with Gasteiger partial charge < -0.3 is 9.73 Å². The molecule has 1 heterocycles. The van der Waals surface area contributed by atoms with Gasteiger partial charge in [-0.15, -0.1) is 0 Å². The second-order valence-corrected chi connectivity index (χ2v) is 4.24. The number of aryl methyl sites for hydroxylation is 1. The van der Waals surface area contributed by atoms with Gasteiger partial charge in [0.25, 0.3) is 0 Å². The lowest BCUT2D eigenvalue weighted by Crippen LogP contribution is -2.09. The van der Waals surface area contributed by atoms with E-state index >= 15 is 0 Å². The first-order valence-electron chi connectivity index (χ1n) is 5.91. The van der Waals surface area contributed by atoms with Crippen molar-refractivity contribution in [1.82, 2.24) is 10.3 Å². The minimum absolute atomic E-state index is 0.764. The SMILES string of the molecule is CNCCc1cnc(Cc2ccc(C)cc2)o1. The van der Waals surface area contributed by atoms with Crippen LogP contribution in [0.5, 0.6) is 0 Å². The summed E-state index contributed by atoms with van der Waals surface area (Å²) in [4.78, 5) is 4.29. The van der Waals surface area contributed by atoms with E-state index in [2.05, 4.69) is 41.5 Å². The van der Waals surface area contributed by atoms with E-state index in [1.54, 1.807) is 0 Å². The predicted octanol–water partition coefficient (Wildman–Crippen LogP) is 2.34. The summed E-state index contributed by atoms with van der Waals surface area (Å²) in [5.74, 6) is 1.74. The summed E-state index contributed by atoms with van der Waals surface area (Å²) >= 11 is 0. The molecule has 90 valence electrons. The highest BCUT2D eigenvalue weighted by molar-refractivity contribution is 5.23. The largest absolute Gasteiger partial charge is 0.445 e. The van der Waals surface area contributed by atoms with Crippen LogP contribution in [0.2, 0.25) is 0 Å². The smallest absolute Gasteiger partial charge is 0.198 e. The molecule has 0 aliphatic heterocycles. The zero-order valence-electron chi connectivity index (χ0n) is 10.4. The molecule has 2 aromatic rings. The van der Waals surface area contributed by atoms with Gasteiger partial charge >= 0.3 is 0 Å². The molecular formula is C14H18N2O. The van der Waals surface area contributed by atoms with Crippen molar-refractivity contribution in [2.75, 3.05) is 13.6 Å². The van der Waals surface area contributed by atoms with E-state index in [-0.39, 0.29) is 0 Å². The summed E-state index contributed by atoms with van der Waals surface area (Å²) < 4.78 is 5.67. The van der Waals surface area contributed by atoms with Crippen molar-refractivity contribution >= 4 is 0 Å². The van der Waals surface area contributed by atoms with Gasteiger partial charge in [0.2, 0.25) is 0 Å². The molecule has 0 radical (unpaired) electrons. The highest BCUT2D eigenvalue weighted by Gasteiger charge is 2.04. The lowest BCUT2D eigenvalue weighted by Gasteiger charge is -1.98. The van der Waals surface area contributed by atoms with Crippen molar-refractivity contribution in [2.24, 2.45) is 0 Å². The predicted molar refractivity (Wildman–Crippen MR) is 68.1 cm³/mol. The average molecular weight is 230 g/mol. The number of aromatic nitrogens is 1. The quantitative estimate of drug-likeness (QED) is 0.856. The Labute approximate surface area is 102 Å². The monoisotopic (exact) mass is 230 g/mol. The van der Waals surface area contributed by atoms with Crippen molar-refractivity contribution < 1.29 is 4.42 Å². The van der Waals surface area contributed by atoms with Crippen LogP contribution in [0.4, 0.5) is 0 Å². The standard InChI is InChI=1S/C14H18N2O/c1-11-3-5-12(6-4-11)9-14-16-10-13(17-14)7-8-15-2/h3-6,10,15H,7-9H2,1-2H3. The molecule has 17 heavy (non-hydrogen) atoms. The first-order chi connectivity index (χ1) is 8.28. The molecule has 1 aromatic carbocycles. The van der Waals surface area contributed by atoms with E-state index in [9.17, 15) is 0 Å². The summed E-state index contributed by atoms with van der Waals surface area (Å²) in [6, 6.07) is 8.46. The normalized spacial score (nSPS) is 10.7. The van der Waals surface area contributed by atoms with Gasteiger partial charge in [-0.05, 0) is 19.5 Å². The van der Waals surface area contributed by atoms with Crippen LogP contribution in [0.3, 0.4) is 0 Å². The number of oxazole rings is 1. The summed E-state index contributed by atoms with van der Waals surface area (Å²) in [7, 11) is 1.93. The van der Waals surface area contributed by atoms with Crippen LogP contribution in [0.25, 0.3) is 0 Å². The molecule has 0 atom stereocenters. The van der Waals surface area contributed by atoms with Crippen molar-refractivity contribution in [3.8, 4) is 0 Å². The van der Waals surface area contributed by atoms with Crippen LogP contribution < -0.4 is 5.32 Å². The van der Waals surface area contributed by atoms with Crippen LogP contribution in [0, 0.1) is 6.92 Å². The maximum absolute atomic E-state index is 5.67. The number of hydrogen-bond donors (Lipinski definition) is 1. The van der Waals surface area contributed by atoms with Gasteiger partial charge in [0.15, 0.2) is 5.89 Å². The van der Waals surface area contributed by atoms with Crippen molar-refractivity contribution in [1.29, 1.82) is 0 Å². The van der Waals surface area contributed by atoms with Crippen LogP contribution in [-0.4, -0.2) is 18.6 Å². The van der Waals surface area contributed by atoms with E-state index in [1.807, 2.05) is 13.2 Å².